The van der Waals surface area contributed by atoms with Crippen molar-refractivity contribution in [3.05, 3.63) is 73.3 Å². The number of carboxylic acids is 1. The lowest BCUT2D eigenvalue weighted by molar-refractivity contribution is -0.384. The Hall–Kier alpha value is -3.60. The van der Waals surface area contributed by atoms with Crippen LogP contribution >= 0.6 is 46.5 Å². The van der Waals surface area contributed by atoms with Crippen molar-refractivity contribution >= 4 is 69.9 Å². The quantitative estimate of drug-likeness (QED) is 0.145. The number of fused-ring (bicyclic) bond motifs is 1. The summed E-state index contributed by atoms with van der Waals surface area (Å²) < 4.78 is 11.7. The summed E-state index contributed by atoms with van der Waals surface area (Å²) in [5.74, 6) is -1.47. The first-order valence-corrected chi connectivity index (χ1v) is 14.6. The standard InChI is InChI=1S/C23H18ClN5O8S3/c1-10-26-27-23(40-10)39-9-11-8-38-21-17(20(31)28(21)18(11)22(32)33)25-19(30)15-5-3-13(37-15)7-36-16-6-12(29(34)35)2-4-14(16)24/h2-6,17,21H,7-9H2,1H3,(H,25,30)(H,32,33)/t17-,21-/m0/s1. The number of nitro groups is 1. The lowest BCUT2D eigenvalue weighted by atomic mass is 10.0. The first kappa shape index (κ1) is 27.9. The summed E-state index contributed by atoms with van der Waals surface area (Å²) >= 11 is 10.1. The number of non-ortho nitro benzene ring substituents is 1. The van der Waals surface area contributed by atoms with E-state index in [1.165, 1.54) is 70.1 Å². The number of aliphatic carboxylic acids is 1. The summed E-state index contributed by atoms with van der Waals surface area (Å²) in [7, 11) is 0. The van der Waals surface area contributed by atoms with Gasteiger partial charge in [-0.05, 0) is 30.7 Å². The smallest absolute Gasteiger partial charge is 0.352 e. The lowest BCUT2D eigenvalue weighted by Gasteiger charge is -2.49. The highest BCUT2D eigenvalue weighted by Crippen LogP contribution is 2.42. The van der Waals surface area contributed by atoms with Crippen LogP contribution in [0.4, 0.5) is 5.69 Å². The fourth-order valence-corrected chi connectivity index (χ4v) is 7.41. The van der Waals surface area contributed by atoms with Crippen LogP contribution in [-0.2, 0) is 16.2 Å². The Morgan fingerprint density at radius 3 is 2.85 bits per heavy atom. The number of hydrogen-bond acceptors (Lipinski definition) is 12. The highest BCUT2D eigenvalue weighted by Gasteiger charge is 2.54. The molecule has 1 aromatic carbocycles. The maximum atomic E-state index is 12.9. The summed E-state index contributed by atoms with van der Waals surface area (Å²) in [5, 5.41) is 31.8. The fraction of sp³-hybridized carbons (Fsp3) is 0.261. The van der Waals surface area contributed by atoms with E-state index < -0.39 is 34.1 Å². The molecule has 2 aliphatic heterocycles. The van der Waals surface area contributed by atoms with Crippen molar-refractivity contribution in [2.45, 2.75) is 29.3 Å². The van der Waals surface area contributed by atoms with Gasteiger partial charge in [0.15, 0.2) is 10.1 Å². The maximum absolute atomic E-state index is 12.9. The summed E-state index contributed by atoms with van der Waals surface area (Å²) in [6, 6.07) is 5.71. The molecule has 2 aliphatic rings. The second-order valence-electron chi connectivity index (χ2n) is 8.42. The zero-order valence-electron chi connectivity index (χ0n) is 20.4. The summed E-state index contributed by atoms with van der Waals surface area (Å²) in [6.07, 6.45) is 0. The van der Waals surface area contributed by atoms with Crippen LogP contribution in [0.5, 0.6) is 5.75 Å². The van der Waals surface area contributed by atoms with Gasteiger partial charge in [0.2, 0.25) is 0 Å². The van der Waals surface area contributed by atoms with E-state index in [-0.39, 0.29) is 40.3 Å². The van der Waals surface area contributed by atoms with Crippen molar-refractivity contribution in [1.29, 1.82) is 0 Å². The molecule has 1 fully saturated rings. The Labute approximate surface area is 243 Å². The van der Waals surface area contributed by atoms with Crippen LogP contribution in [0.15, 0.2) is 50.4 Å². The van der Waals surface area contributed by atoms with E-state index in [2.05, 4.69) is 15.5 Å². The molecule has 0 aliphatic carbocycles. The Kier molecular flexibility index (Phi) is 8.02. The van der Waals surface area contributed by atoms with Crippen molar-refractivity contribution in [2.75, 3.05) is 11.5 Å². The number of aryl methyl sites for hydroxylation is 1. The van der Waals surface area contributed by atoms with Crippen LogP contribution in [0.2, 0.25) is 5.02 Å². The fourth-order valence-electron chi connectivity index (χ4n) is 3.93. The molecule has 4 heterocycles. The number of aromatic nitrogens is 2. The number of thioether (sulfide) groups is 2. The predicted octanol–water partition coefficient (Wildman–Crippen LogP) is 3.72. The number of furan rings is 1. The molecule has 0 spiro atoms. The molecular weight excluding hydrogens is 606 g/mol. The Morgan fingerprint density at radius 1 is 1.35 bits per heavy atom. The van der Waals surface area contributed by atoms with Gasteiger partial charge in [-0.3, -0.25) is 24.6 Å². The lowest BCUT2D eigenvalue weighted by Crippen LogP contribution is -2.70. The Bertz CT molecular complexity index is 1560. The zero-order chi connectivity index (χ0) is 28.6. The van der Waals surface area contributed by atoms with Gasteiger partial charge in [-0.1, -0.05) is 34.7 Å². The van der Waals surface area contributed by atoms with Gasteiger partial charge in [0, 0.05) is 17.6 Å². The molecule has 0 bridgehead atoms. The van der Waals surface area contributed by atoms with E-state index >= 15 is 0 Å². The molecule has 0 saturated carbocycles. The van der Waals surface area contributed by atoms with Crippen LogP contribution in [0, 0.1) is 17.0 Å². The number of rotatable bonds is 10. The second-order valence-corrected chi connectivity index (χ2v) is 12.3. The Morgan fingerprint density at radius 2 is 2.15 bits per heavy atom. The largest absolute Gasteiger partial charge is 0.484 e. The molecule has 2 N–H and O–H groups in total. The number of nitrogens with one attached hydrogen (secondary N) is 1. The topological polar surface area (TPSA) is 178 Å². The van der Waals surface area contributed by atoms with E-state index in [0.717, 1.165) is 5.01 Å². The summed E-state index contributed by atoms with van der Waals surface area (Å²) in [5.41, 5.74) is 0.312. The molecule has 5 rings (SSSR count). The number of nitro benzene ring substituents is 1. The van der Waals surface area contributed by atoms with Crippen molar-refractivity contribution < 1.29 is 33.6 Å². The van der Waals surface area contributed by atoms with Gasteiger partial charge in [0.1, 0.15) is 40.2 Å². The second kappa shape index (κ2) is 11.5. The van der Waals surface area contributed by atoms with Crippen molar-refractivity contribution in [3.8, 4) is 5.75 Å². The number of β-lactam (4-membered cyclic amide) rings is 1. The number of carbonyl (C=O) groups is 3. The first-order valence-electron chi connectivity index (χ1n) is 11.4. The number of benzene rings is 1. The van der Waals surface area contributed by atoms with E-state index in [0.29, 0.717) is 21.4 Å². The van der Waals surface area contributed by atoms with Crippen molar-refractivity contribution in [2.24, 2.45) is 0 Å². The van der Waals surface area contributed by atoms with Crippen LogP contribution in [0.25, 0.3) is 0 Å². The first-order chi connectivity index (χ1) is 19.1. The van der Waals surface area contributed by atoms with Crippen LogP contribution in [0.1, 0.15) is 21.3 Å². The molecule has 2 aromatic heterocycles. The third-order valence-corrected chi connectivity index (χ3v) is 9.50. The number of hydrogen-bond donors (Lipinski definition) is 2. The van der Waals surface area contributed by atoms with Crippen molar-refractivity contribution in [1.82, 2.24) is 20.4 Å². The third kappa shape index (κ3) is 5.65. The molecule has 0 radical (unpaired) electrons. The minimum absolute atomic E-state index is 0.0752. The van der Waals surface area contributed by atoms with Crippen molar-refractivity contribution in [3.63, 3.8) is 0 Å². The number of amides is 2. The minimum Gasteiger partial charge on any atom is -0.484 e. The summed E-state index contributed by atoms with van der Waals surface area (Å²) in [6.45, 7) is 1.67. The van der Waals surface area contributed by atoms with Gasteiger partial charge in [-0.2, -0.15) is 0 Å². The van der Waals surface area contributed by atoms with E-state index in [1.54, 1.807) is 0 Å². The van der Waals surface area contributed by atoms with E-state index in [1.807, 2.05) is 6.92 Å². The molecule has 17 heteroatoms. The minimum atomic E-state index is -1.22. The number of ether oxygens (including phenoxy) is 1. The van der Waals surface area contributed by atoms with Crippen LogP contribution < -0.4 is 10.1 Å². The summed E-state index contributed by atoms with van der Waals surface area (Å²) in [4.78, 5) is 49.4. The monoisotopic (exact) mass is 623 g/mol. The molecule has 1 saturated heterocycles. The van der Waals surface area contributed by atoms with Crippen LogP contribution in [-0.4, -0.2) is 65.8 Å². The normalized spacial score (nSPS) is 18.2. The molecule has 13 nitrogen and oxygen atoms in total. The highest BCUT2D eigenvalue weighted by molar-refractivity contribution is 8.01. The molecule has 3 aromatic rings. The zero-order valence-corrected chi connectivity index (χ0v) is 23.6. The van der Waals surface area contributed by atoms with Gasteiger partial charge in [-0.25, -0.2) is 4.79 Å². The predicted molar refractivity (Wildman–Crippen MR) is 146 cm³/mol. The molecule has 2 atom stereocenters. The van der Waals surface area contributed by atoms with Gasteiger partial charge in [0.25, 0.3) is 17.5 Å². The van der Waals surface area contributed by atoms with Gasteiger partial charge in [0.05, 0.1) is 16.0 Å². The highest BCUT2D eigenvalue weighted by atomic mass is 35.5. The molecule has 208 valence electrons. The van der Waals surface area contributed by atoms with E-state index in [4.69, 9.17) is 20.8 Å². The molecular formula is C23H18ClN5O8S3. The SMILES string of the molecule is Cc1nnc(SCC2=C(C(=O)O)N3C(=O)[C@H](NC(=O)c4ccc(COc5cc([N+](=O)[O-])ccc5Cl)o4)[C@@H]3SC2)s1. The third-order valence-electron chi connectivity index (χ3n) is 5.79. The van der Waals surface area contributed by atoms with Crippen LogP contribution in [0.3, 0.4) is 0 Å². The average molecular weight is 624 g/mol. The average Bonchev–Trinajstić information content (AvgIpc) is 3.58. The van der Waals surface area contributed by atoms with E-state index in [9.17, 15) is 29.6 Å². The van der Waals surface area contributed by atoms with Gasteiger partial charge in [-0.15, -0.1) is 22.0 Å². The number of carboxylic acid groups (broad SMARTS) is 1. The molecule has 40 heavy (non-hydrogen) atoms. The number of nitrogens with zero attached hydrogens (tertiary/aromatic N) is 4. The Balaban J connectivity index is 1.21. The molecule has 2 amide bonds. The number of carbonyl (C=O) groups excluding carboxylic acids is 2. The molecule has 0 unspecified atom stereocenters. The maximum Gasteiger partial charge on any atom is 0.352 e. The number of halogens is 1. The van der Waals surface area contributed by atoms with Gasteiger partial charge >= 0.3 is 5.97 Å². The van der Waals surface area contributed by atoms with Gasteiger partial charge < -0.3 is 19.6 Å².